The number of rotatable bonds is 4. The van der Waals surface area contributed by atoms with Crippen LogP contribution in [0.15, 0.2) is 11.1 Å². The molecule has 0 saturated carbocycles. The second kappa shape index (κ2) is 5.97. The lowest BCUT2D eigenvalue weighted by molar-refractivity contribution is 0.564. The Morgan fingerprint density at radius 1 is 1.65 bits per heavy atom. The Labute approximate surface area is 122 Å². The van der Waals surface area contributed by atoms with Gasteiger partial charge in [-0.05, 0) is 6.07 Å². The van der Waals surface area contributed by atoms with Gasteiger partial charge in [-0.25, -0.2) is 14.2 Å². The molecular weight excluding hydrogens is 303 g/mol. The molecule has 8 heteroatoms. The fourth-order valence-corrected chi connectivity index (χ4v) is 2.96. The number of thiazole rings is 1. The Hall–Kier alpha value is -2.00. The summed E-state index contributed by atoms with van der Waals surface area (Å²) < 4.78 is 14.1. The van der Waals surface area contributed by atoms with E-state index in [4.69, 9.17) is 16.9 Å². The van der Waals surface area contributed by atoms with Crippen molar-refractivity contribution in [1.82, 2.24) is 4.98 Å². The van der Waals surface area contributed by atoms with Crippen molar-refractivity contribution in [2.24, 2.45) is 4.99 Å². The molecule has 20 heavy (non-hydrogen) atoms. The van der Waals surface area contributed by atoms with Crippen LogP contribution in [0.2, 0.25) is 5.02 Å². The molecule has 5 nitrogen and oxygen atoms in total. The maximum absolute atomic E-state index is 13.7. The highest BCUT2D eigenvalue weighted by Crippen LogP contribution is 2.40. The predicted molar refractivity (Wildman–Crippen MR) is 75.9 cm³/mol. The number of hydrogen-bond acceptors (Lipinski definition) is 6. The Balaban J connectivity index is 2.58. The van der Waals surface area contributed by atoms with Crippen LogP contribution in [0.1, 0.15) is 6.42 Å². The summed E-state index contributed by atoms with van der Waals surface area (Å²) in [5.41, 5.74) is 0.266. The highest BCUT2D eigenvalue weighted by Gasteiger charge is 2.17. The van der Waals surface area contributed by atoms with Crippen molar-refractivity contribution in [2.45, 2.75) is 6.42 Å². The first-order chi connectivity index (χ1) is 9.58. The summed E-state index contributed by atoms with van der Waals surface area (Å²) >= 11 is 7.11. The average Bonchev–Trinajstić information content (AvgIpc) is 2.86. The van der Waals surface area contributed by atoms with Crippen molar-refractivity contribution in [1.29, 1.82) is 5.26 Å². The van der Waals surface area contributed by atoms with Crippen molar-refractivity contribution < 1.29 is 9.18 Å². The van der Waals surface area contributed by atoms with E-state index in [0.29, 0.717) is 28.3 Å². The lowest BCUT2D eigenvalue weighted by Crippen LogP contribution is -2.17. The summed E-state index contributed by atoms with van der Waals surface area (Å²) in [4.78, 5) is 19.8. The number of carbonyl (C=O) groups excluding carboxylic acids is 1. The van der Waals surface area contributed by atoms with Crippen LogP contribution in [0.3, 0.4) is 0 Å². The van der Waals surface area contributed by atoms with Crippen molar-refractivity contribution in [3.63, 3.8) is 0 Å². The lowest BCUT2D eigenvalue weighted by Gasteiger charge is -2.12. The maximum atomic E-state index is 13.7. The number of benzene rings is 1. The lowest BCUT2D eigenvalue weighted by atomic mass is 10.3. The number of nitrogens with zero attached hydrogens (tertiary/aromatic N) is 4. The molecule has 0 fully saturated rings. The van der Waals surface area contributed by atoms with E-state index < -0.39 is 5.82 Å². The van der Waals surface area contributed by atoms with Gasteiger partial charge in [-0.1, -0.05) is 22.9 Å². The third kappa shape index (κ3) is 2.63. The SMILES string of the molecule is CN(CCC#N)c1nc2c(Cl)cc(F)c(N=C=O)c2s1. The van der Waals surface area contributed by atoms with Crippen LogP contribution in [-0.2, 0) is 4.79 Å². The molecule has 0 atom stereocenters. The van der Waals surface area contributed by atoms with Gasteiger partial charge in [0.25, 0.3) is 0 Å². The normalized spacial score (nSPS) is 10.1. The summed E-state index contributed by atoms with van der Waals surface area (Å²) in [7, 11) is 1.77. The number of anilines is 1. The van der Waals surface area contributed by atoms with Crippen molar-refractivity contribution in [3.8, 4) is 6.07 Å². The molecular formula is C12H8ClFN4OS. The number of nitriles is 1. The Morgan fingerprint density at radius 3 is 3.05 bits per heavy atom. The Bertz CT molecular complexity index is 748. The quantitative estimate of drug-likeness (QED) is 0.641. The van der Waals surface area contributed by atoms with Gasteiger partial charge in [-0.15, -0.1) is 0 Å². The van der Waals surface area contributed by atoms with Crippen molar-refractivity contribution >= 4 is 50.1 Å². The predicted octanol–water partition coefficient (Wildman–Crippen LogP) is 3.41. The van der Waals surface area contributed by atoms with E-state index in [1.807, 2.05) is 6.07 Å². The van der Waals surface area contributed by atoms with Crippen molar-refractivity contribution in [2.75, 3.05) is 18.5 Å². The summed E-state index contributed by atoms with van der Waals surface area (Å²) in [6.45, 7) is 0.489. The molecule has 0 unspecified atom stereocenters. The van der Waals surface area contributed by atoms with Gasteiger partial charge in [-0.3, -0.25) is 0 Å². The monoisotopic (exact) mass is 310 g/mol. The van der Waals surface area contributed by atoms with Crippen molar-refractivity contribution in [3.05, 3.63) is 16.9 Å². The molecule has 1 heterocycles. The Kier molecular flexibility index (Phi) is 4.30. The van der Waals surface area contributed by atoms with Crippen LogP contribution in [0.25, 0.3) is 10.2 Å². The van der Waals surface area contributed by atoms with E-state index in [-0.39, 0.29) is 10.7 Å². The molecule has 0 saturated heterocycles. The van der Waals surface area contributed by atoms with Gasteiger partial charge in [0.05, 0.1) is 22.2 Å². The molecule has 0 bridgehead atoms. The zero-order chi connectivity index (χ0) is 14.7. The van der Waals surface area contributed by atoms with E-state index in [0.717, 1.165) is 17.4 Å². The first-order valence-electron chi connectivity index (χ1n) is 5.53. The van der Waals surface area contributed by atoms with E-state index in [9.17, 15) is 9.18 Å². The molecule has 0 spiro atoms. The molecule has 1 aromatic carbocycles. The van der Waals surface area contributed by atoms with Crippen LogP contribution >= 0.6 is 22.9 Å². The van der Waals surface area contributed by atoms with Crippen LogP contribution in [0.4, 0.5) is 15.2 Å². The Morgan fingerprint density at radius 2 is 2.40 bits per heavy atom. The molecule has 102 valence electrons. The van der Waals surface area contributed by atoms with Crippen LogP contribution < -0.4 is 4.90 Å². The van der Waals surface area contributed by atoms with Gasteiger partial charge in [0.1, 0.15) is 11.2 Å². The third-order valence-corrected chi connectivity index (χ3v) is 4.04. The molecule has 0 aliphatic carbocycles. The minimum absolute atomic E-state index is 0.114. The van der Waals surface area contributed by atoms with E-state index in [1.54, 1.807) is 11.9 Å². The zero-order valence-electron chi connectivity index (χ0n) is 10.4. The van der Waals surface area contributed by atoms with Gasteiger partial charge >= 0.3 is 0 Å². The van der Waals surface area contributed by atoms with Crippen LogP contribution in [0, 0.1) is 17.1 Å². The van der Waals surface area contributed by atoms with Gasteiger partial charge in [0.15, 0.2) is 10.9 Å². The number of halogens is 2. The number of fused-ring (bicyclic) bond motifs is 1. The topological polar surface area (TPSA) is 69.3 Å². The molecule has 2 aromatic rings. The highest BCUT2D eigenvalue weighted by atomic mass is 35.5. The summed E-state index contributed by atoms with van der Waals surface area (Å²) in [6, 6.07) is 3.10. The molecule has 2 rings (SSSR count). The molecule has 0 amide bonds. The number of hydrogen-bond donors (Lipinski definition) is 0. The maximum Gasteiger partial charge on any atom is 0.240 e. The van der Waals surface area contributed by atoms with Gasteiger partial charge in [0.2, 0.25) is 6.08 Å². The van der Waals surface area contributed by atoms with Gasteiger partial charge in [0, 0.05) is 13.6 Å². The largest absolute Gasteiger partial charge is 0.350 e. The minimum Gasteiger partial charge on any atom is -0.350 e. The average molecular weight is 311 g/mol. The molecule has 0 N–H and O–H groups in total. The summed E-state index contributed by atoms with van der Waals surface area (Å²) in [5, 5.41) is 9.30. The molecule has 1 aromatic heterocycles. The molecule has 0 radical (unpaired) electrons. The highest BCUT2D eigenvalue weighted by molar-refractivity contribution is 7.22. The summed E-state index contributed by atoms with van der Waals surface area (Å²) in [5.74, 6) is -0.694. The molecule has 0 aliphatic rings. The third-order valence-electron chi connectivity index (χ3n) is 2.58. The first-order valence-corrected chi connectivity index (χ1v) is 6.72. The van der Waals surface area contributed by atoms with Crippen LogP contribution in [0.5, 0.6) is 0 Å². The smallest absolute Gasteiger partial charge is 0.240 e. The fraction of sp³-hybridized carbons (Fsp3) is 0.250. The van der Waals surface area contributed by atoms with E-state index >= 15 is 0 Å². The van der Waals surface area contributed by atoms with E-state index in [2.05, 4.69) is 9.98 Å². The first kappa shape index (κ1) is 14.4. The van der Waals surface area contributed by atoms with E-state index in [1.165, 1.54) is 6.08 Å². The number of aromatic nitrogens is 1. The van der Waals surface area contributed by atoms with Gasteiger partial charge in [-0.2, -0.15) is 10.3 Å². The zero-order valence-corrected chi connectivity index (χ0v) is 11.9. The van der Waals surface area contributed by atoms with Crippen LogP contribution in [-0.4, -0.2) is 24.7 Å². The van der Waals surface area contributed by atoms with Gasteiger partial charge < -0.3 is 4.90 Å². The summed E-state index contributed by atoms with van der Waals surface area (Å²) in [6.07, 6.45) is 1.66. The second-order valence-corrected chi connectivity index (χ2v) is 5.28. The fourth-order valence-electron chi connectivity index (χ4n) is 1.61. The second-order valence-electron chi connectivity index (χ2n) is 3.90. The number of isocyanates is 1. The standard InChI is InChI=1S/C12H8ClFN4OS/c1-18(4-2-3-15)12-17-9-7(13)5-8(14)10(16-6-19)11(9)20-12/h5H,2,4H2,1H3. The minimum atomic E-state index is -0.694. The number of aliphatic imine (C=N–C) groups is 1. The molecule has 0 aliphatic heterocycles.